The van der Waals surface area contributed by atoms with E-state index >= 15 is 0 Å². The van der Waals surface area contributed by atoms with Gasteiger partial charge in [0.05, 0.1) is 0 Å². The largest absolute Gasteiger partial charge is 0.307 e. The van der Waals surface area contributed by atoms with Crippen molar-refractivity contribution in [2.45, 2.75) is 66.0 Å². The lowest BCUT2D eigenvalue weighted by Crippen LogP contribution is -2.30. The molecular weight excluding hydrogens is 206 g/mol. The van der Waals surface area contributed by atoms with Gasteiger partial charge in [0.25, 0.3) is 0 Å². The van der Waals surface area contributed by atoms with E-state index < -0.39 is 0 Å². The third-order valence-electron chi connectivity index (χ3n) is 3.36. The Kier molecular flexibility index (Phi) is 5.70. The van der Waals surface area contributed by atoms with Crippen LogP contribution >= 0.6 is 0 Å². The molecule has 0 saturated heterocycles. The van der Waals surface area contributed by atoms with Crippen LogP contribution in [-0.4, -0.2) is 6.04 Å². The van der Waals surface area contributed by atoms with Gasteiger partial charge in [-0.05, 0) is 39.2 Å². The molecule has 0 amide bonds. The predicted octanol–water partition coefficient (Wildman–Crippen LogP) is 4.53. The molecule has 0 aliphatic carbocycles. The second-order valence-corrected chi connectivity index (χ2v) is 5.20. The second-order valence-electron chi connectivity index (χ2n) is 5.20. The minimum absolute atomic E-state index is 0.449. The molecule has 0 radical (unpaired) electrons. The lowest BCUT2D eigenvalue weighted by molar-refractivity contribution is 0.417. The van der Waals surface area contributed by atoms with Crippen LogP contribution < -0.4 is 5.32 Å². The Morgan fingerprint density at radius 3 is 2.12 bits per heavy atom. The predicted molar refractivity (Wildman–Crippen MR) is 76.5 cm³/mol. The minimum atomic E-state index is 0.449. The van der Waals surface area contributed by atoms with Crippen molar-refractivity contribution in [2.75, 3.05) is 0 Å². The Bertz CT molecular complexity index is 323. The quantitative estimate of drug-likeness (QED) is 0.761. The van der Waals surface area contributed by atoms with Gasteiger partial charge in [-0.25, -0.2) is 0 Å². The van der Waals surface area contributed by atoms with Crippen molar-refractivity contribution in [1.82, 2.24) is 5.32 Å². The van der Waals surface area contributed by atoms with Gasteiger partial charge in [-0.3, -0.25) is 0 Å². The van der Waals surface area contributed by atoms with Gasteiger partial charge in [0, 0.05) is 12.1 Å². The van der Waals surface area contributed by atoms with Crippen molar-refractivity contribution < 1.29 is 0 Å². The summed E-state index contributed by atoms with van der Waals surface area (Å²) in [5.41, 5.74) is 4.13. The highest BCUT2D eigenvalue weighted by Crippen LogP contribution is 2.18. The zero-order valence-electron chi connectivity index (χ0n) is 12.0. The standard InChI is InChI=1S/C16H27N/c1-6-8-16(7-2)17-14(5)15-10-12(3)9-13(4)11-15/h9-11,14,16-17H,6-8H2,1-5H3. The summed E-state index contributed by atoms with van der Waals surface area (Å²) in [5, 5.41) is 3.74. The van der Waals surface area contributed by atoms with Crippen molar-refractivity contribution in [3.63, 3.8) is 0 Å². The van der Waals surface area contributed by atoms with E-state index in [1.54, 1.807) is 0 Å². The number of aryl methyl sites for hydroxylation is 2. The van der Waals surface area contributed by atoms with E-state index in [9.17, 15) is 0 Å². The summed E-state index contributed by atoms with van der Waals surface area (Å²) >= 11 is 0. The lowest BCUT2D eigenvalue weighted by Gasteiger charge is -2.23. The average molecular weight is 233 g/mol. The molecule has 0 fully saturated rings. The van der Waals surface area contributed by atoms with E-state index in [0.717, 1.165) is 0 Å². The molecule has 1 heteroatoms. The molecule has 0 saturated carbocycles. The van der Waals surface area contributed by atoms with Gasteiger partial charge in [-0.1, -0.05) is 49.6 Å². The molecule has 0 aromatic heterocycles. The summed E-state index contributed by atoms with van der Waals surface area (Å²) in [5.74, 6) is 0. The third-order valence-corrected chi connectivity index (χ3v) is 3.36. The van der Waals surface area contributed by atoms with Crippen molar-refractivity contribution in [1.29, 1.82) is 0 Å². The monoisotopic (exact) mass is 233 g/mol. The molecule has 1 N–H and O–H groups in total. The molecule has 1 aromatic carbocycles. The van der Waals surface area contributed by atoms with E-state index in [1.807, 2.05) is 0 Å². The first kappa shape index (κ1) is 14.2. The number of nitrogens with one attached hydrogen (secondary N) is 1. The van der Waals surface area contributed by atoms with Crippen molar-refractivity contribution in [3.8, 4) is 0 Å². The van der Waals surface area contributed by atoms with Crippen LogP contribution in [0.5, 0.6) is 0 Å². The molecule has 96 valence electrons. The fourth-order valence-corrected chi connectivity index (χ4v) is 2.46. The maximum Gasteiger partial charge on any atom is 0.0294 e. The first-order chi connectivity index (χ1) is 8.06. The summed E-state index contributed by atoms with van der Waals surface area (Å²) in [6.45, 7) is 11.1. The summed E-state index contributed by atoms with van der Waals surface area (Å²) in [6.07, 6.45) is 3.74. The molecule has 0 aliphatic rings. The first-order valence-electron chi connectivity index (χ1n) is 6.91. The van der Waals surface area contributed by atoms with E-state index in [1.165, 1.54) is 36.0 Å². The Balaban J connectivity index is 2.71. The Morgan fingerprint density at radius 1 is 1.06 bits per heavy atom. The van der Waals surface area contributed by atoms with Gasteiger partial charge in [0.1, 0.15) is 0 Å². The minimum Gasteiger partial charge on any atom is -0.307 e. The van der Waals surface area contributed by atoms with Gasteiger partial charge in [-0.15, -0.1) is 0 Å². The Hall–Kier alpha value is -0.820. The Morgan fingerprint density at radius 2 is 1.65 bits per heavy atom. The van der Waals surface area contributed by atoms with Crippen LogP contribution in [0.2, 0.25) is 0 Å². The zero-order chi connectivity index (χ0) is 12.8. The molecule has 17 heavy (non-hydrogen) atoms. The van der Waals surface area contributed by atoms with Crippen LogP contribution in [0, 0.1) is 13.8 Å². The van der Waals surface area contributed by atoms with E-state index in [2.05, 4.69) is 58.1 Å². The van der Waals surface area contributed by atoms with Crippen molar-refractivity contribution in [2.24, 2.45) is 0 Å². The van der Waals surface area contributed by atoms with E-state index in [-0.39, 0.29) is 0 Å². The van der Waals surface area contributed by atoms with Crippen molar-refractivity contribution >= 4 is 0 Å². The highest BCUT2D eigenvalue weighted by atomic mass is 14.9. The summed E-state index contributed by atoms with van der Waals surface area (Å²) < 4.78 is 0. The van der Waals surface area contributed by atoms with Gasteiger partial charge in [-0.2, -0.15) is 0 Å². The zero-order valence-corrected chi connectivity index (χ0v) is 12.0. The Labute approximate surface area is 107 Å². The smallest absolute Gasteiger partial charge is 0.0294 e. The molecule has 1 aromatic rings. The van der Waals surface area contributed by atoms with Crippen LogP contribution in [0.4, 0.5) is 0 Å². The van der Waals surface area contributed by atoms with Gasteiger partial charge >= 0.3 is 0 Å². The topological polar surface area (TPSA) is 12.0 Å². The molecule has 1 rings (SSSR count). The second kappa shape index (κ2) is 6.80. The molecule has 0 spiro atoms. The molecule has 2 atom stereocenters. The van der Waals surface area contributed by atoms with Crippen LogP contribution in [0.25, 0.3) is 0 Å². The van der Waals surface area contributed by atoms with E-state index in [0.29, 0.717) is 12.1 Å². The average Bonchev–Trinajstić information content (AvgIpc) is 2.27. The van der Waals surface area contributed by atoms with Crippen LogP contribution in [-0.2, 0) is 0 Å². The third kappa shape index (κ3) is 4.51. The van der Waals surface area contributed by atoms with Crippen LogP contribution in [0.3, 0.4) is 0 Å². The number of rotatable bonds is 6. The molecular formula is C16H27N. The highest BCUT2D eigenvalue weighted by Gasteiger charge is 2.11. The van der Waals surface area contributed by atoms with Crippen LogP contribution in [0.15, 0.2) is 18.2 Å². The summed E-state index contributed by atoms with van der Waals surface area (Å²) in [4.78, 5) is 0. The first-order valence-corrected chi connectivity index (χ1v) is 6.91. The number of benzene rings is 1. The highest BCUT2D eigenvalue weighted by molar-refractivity contribution is 5.30. The SMILES string of the molecule is CCCC(CC)NC(C)c1cc(C)cc(C)c1. The van der Waals surface area contributed by atoms with Gasteiger partial charge in [0.15, 0.2) is 0 Å². The van der Waals surface area contributed by atoms with E-state index in [4.69, 9.17) is 0 Å². The van der Waals surface area contributed by atoms with Gasteiger partial charge in [0.2, 0.25) is 0 Å². The normalized spacial score (nSPS) is 14.6. The fraction of sp³-hybridized carbons (Fsp3) is 0.625. The molecule has 0 heterocycles. The van der Waals surface area contributed by atoms with Gasteiger partial charge < -0.3 is 5.32 Å². The lowest BCUT2D eigenvalue weighted by atomic mass is 10.0. The molecule has 0 bridgehead atoms. The number of hydrogen-bond donors (Lipinski definition) is 1. The maximum atomic E-state index is 3.74. The molecule has 2 unspecified atom stereocenters. The number of hydrogen-bond acceptors (Lipinski definition) is 1. The molecule has 1 nitrogen and oxygen atoms in total. The van der Waals surface area contributed by atoms with Crippen molar-refractivity contribution in [3.05, 3.63) is 34.9 Å². The fourth-order valence-electron chi connectivity index (χ4n) is 2.46. The summed E-state index contributed by atoms with van der Waals surface area (Å²) in [6, 6.07) is 7.92. The summed E-state index contributed by atoms with van der Waals surface area (Å²) in [7, 11) is 0. The molecule has 0 aliphatic heterocycles. The maximum absolute atomic E-state index is 3.74. The van der Waals surface area contributed by atoms with Crippen LogP contribution in [0.1, 0.15) is 62.8 Å².